The Morgan fingerprint density at radius 3 is 2.80 bits per heavy atom. The number of hydrogen-bond donors (Lipinski definition) is 1. The number of nitrogens with two attached hydrogens (primary N) is 1. The van der Waals surface area contributed by atoms with E-state index in [1.54, 1.807) is 10.5 Å². The van der Waals surface area contributed by atoms with Gasteiger partial charge in [-0.05, 0) is 36.8 Å². The van der Waals surface area contributed by atoms with E-state index in [4.69, 9.17) is 5.73 Å². The van der Waals surface area contributed by atoms with Gasteiger partial charge >= 0.3 is 0 Å². The molecule has 2 N–H and O–H groups in total. The monoisotopic (exact) mass is 340 g/mol. The lowest BCUT2D eigenvalue weighted by Crippen LogP contribution is -2.59. The molecule has 0 radical (unpaired) electrons. The molecule has 4 rings (SSSR count). The molecule has 2 aromatic rings. The molecule has 1 saturated carbocycles. The third kappa shape index (κ3) is 2.31. The highest BCUT2D eigenvalue weighted by Gasteiger charge is 2.65. The Hall–Kier alpha value is -2.21. The molecule has 0 unspecified atom stereocenters. The predicted molar refractivity (Wildman–Crippen MR) is 95.0 cm³/mol. The third-order valence-electron chi connectivity index (χ3n) is 6.14. The van der Waals surface area contributed by atoms with Crippen molar-refractivity contribution >= 4 is 11.6 Å². The summed E-state index contributed by atoms with van der Waals surface area (Å²) < 4.78 is 1.62. The SMILES string of the molecule is Cc1cccc2nc(CN3C[C@@H]4C(C)(C)C[C@]4(C(N)=O)C3)cc(=O)n12. The number of fused-ring (bicyclic) bond motifs is 2. The first-order valence-electron chi connectivity index (χ1n) is 8.73. The molecule has 1 aliphatic carbocycles. The Kier molecular flexibility index (Phi) is 3.35. The molecule has 0 bridgehead atoms. The van der Waals surface area contributed by atoms with E-state index in [0.29, 0.717) is 18.7 Å². The van der Waals surface area contributed by atoms with Crippen molar-refractivity contribution in [1.82, 2.24) is 14.3 Å². The summed E-state index contributed by atoms with van der Waals surface area (Å²) in [6.45, 7) is 8.35. The minimum absolute atomic E-state index is 0.0646. The summed E-state index contributed by atoms with van der Waals surface area (Å²) in [5.41, 5.74) is 7.67. The number of primary amides is 1. The number of carbonyl (C=O) groups is 1. The van der Waals surface area contributed by atoms with Gasteiger partial charge in [0, 0.05) is 31.4 Å². The van der Waals surface area contributed by atoms with Gasteiger partial charge in [0.2, 0.25) is 5.91 Å². The van der Waals surface area contributed by atoms with Crippen LogP contribution in [-0.2, 0) is 11.3 Å². The highest BCUT2D eigenvalue weighted by molar-refractivity contribution is 5.83. The lowest BCUT2D eigenvalue weighted by Gasteiger charge is -2.54. The lowest BCUT2D eigenvalue weighted by atomic mass is 9.48. The van der Waals surface area contributed by atoms with E-state index in [0.717, 1.165) is 24.4 Å². The lowest BCUT2D eigenvalue weighted by molar-refractivity contribution is -0.148. The quantitative estimate of drug-likeness (QED) is 0.914. The second kappa shape index (κ2) is 5.14. The summed E-state index contributed by atoms with van der Waals surface area (Å²) in [4.78, 5) is 31.4. The van der Waals surface area contributed by atoms with Gasteiger partial charge < -0.3 is 5.73 Å². The first-order chi connectivity index (χ1) is 11.7. The van der Waals surface area contributed by atoms with Crippen LogP contribution in [0, 0.1) is 23.7 Å². The first-order valence-corrected chi connectivity index (χ1v) is 8.73. The molecule has 6 heteroatoms. The first kappa shape index (κ1) is 16.3. The second-order valence-electron chi connectivity index (χ2n) is 8.35. The molecule has 0 aromatic carbocycles. The molecule has 0 spiro atoms. The fourth-order valence-electron chi connectivity index (χ4n) is 5.12. The van der Waals surface area contributed by atoms with Gasteiger partial charge in [-0.2, -0.15) is 0 Å². The molecular formula is C19H24N4O2. The van der Waals surface area contributed by atoms with Gasteiger partial charge in [0.05, 0.1) is 11.1 Å². The normalized spacial score (nSPS) is 27.9. The smallest absolute Gasteiger partial charge is 0.258 e. The number of carbonyl (C=O) groups excluding carboxylic acids is 1. The summed E-state index contributed by atoms with van der Waals surface area (Å²) in [7, 11) is 0. The van der Waals surface area contributed by atoms with Crippen LogP contribution in [0.3, 0.4) is 0 Å². The van der Waals surface area contributed by atoms with Crippen LogP contribution in [0.2, 0.25) is 0 Å². The van der Waals surface area contributed by atoms with Gasteiger partial charge in [0.25, 0.3) is 5.56 Å². The molecular weight excluding hydrogens is 316 g/mol. The van der Waals surface area contributed by atoms with Gasteiger partial charge in [-0.3, -0.25) is 18.9 Å². The minimum atomic E-state index is -0.411. The molecule has 2 aliphatic rings. The molecule has 1 amide bonds. The van der Waals surface area contributed by atoms with Crippen LogP contribution in [-0.4, -0.2) is 33.3 Å². The van der Waals surface area contributed by atoms with Crippen LogP contribution < -0.4 is 11.3 Å². The maximum Gasteiger partial charge on any atom is 0.258 e. The van der Waals surface area contributed by atoms with E-state index < -0.39 is 5.41 Å². The van der Waals surface area contributed by atoms with Crippen molar-refractivity contribution in [1.29, 1.82) is 0 Å². The van der Waals surface area contributed by atoms with Crippen LogP contribution in [0.25, 0.3) is 5.65 Å². The fraction of sp³-hybridized carbons (Fsp3) is 0.526. The van der Waals surface area contributed by atoms with Crippen molar-refractivity contribution in [3.63, 3.8) is 0 Å². The van der Waals surface area contributed by atoms with Crippen molar-refractivity contribution in [3.8, 4) is 0 Å². The van der Waals surface area contributed by atoms with E-state index >= 15 is 0 Å². The van der Waals surface area contributed by atoms with E-state index in [9.17, 15) is 9.59 Å². The fourth-order valence-corrected chi connectivity index (χ4v) is 5.12. The largest absolute Gasteiger partial charge is 0.369 e. The molecule has 132 valence electrons. The Bertz CT molecular complexity index is 933. The van der Waals surface area contributed by atoms with Crippen molar-refractivity contribution in [2.45, 2.75) is 33.7 Å². The number of hydrogen-bond acceptors (Lipinski definition) is 4. The zero-order valence-electron chi connectivity index (χ0n) is 15.0. The molecule has 25 heavy (non-hydrogen) atoms. The highest BCUT2D eigenvalue weighted by Crippen LogP contribution is 2.62. The van der Waals surface area contributed by atoms with E-state index in [2.05, 4.69) is 23.7 Å². The molecule has 1 aliphatic heterocycles. The van der Waals surface area contributed by atoms with Crippen molar-refractivity contribution in [2.24, 2.45) is 22.5 Å². The summed E-state index contributed by atoms with van der Waals surface area (Å²) in [6.07, 6.45) is 0.837. The van der Waals surface area contributed by atoms with Crippen LogP contribution in [0.15, 0.2) is 29.1 Å². The molecule has 3 heterocycles. The second-order valence-corrected chi connectivity index (χ2v) is 8.35. The number of likely N-dealkylation sites (tertiary alicyclic amines) is 1. The van der Waals surface area contributed by atoms with E-state index in [-0.39, 0.29) is 22.8 Å². The number of rotatable bonds is 3. The minimum Gasteiger partial charge on any atom is -0.369 e. The number of pyridine rings is 1. The average molecular weight is 340 g/mol. The Balaban J connectivity index is 1.63. The number of aryl methyl sites for hydroxylation is 1. The predicted octanol–water partition coefficient (Wildman–Crippen LogP) is 1.34. The zero-order valence-corrected chi connectivity index (χ0v) is 15.0. The standard InChI is InChI=1S/C19H24N4O2/c1-12-5-4-6-15-21-13(7-16(24)23(12)15)8-22-9-14-18(2,3)10-19(14,11-22)17(20)25/h4-7,14H,8-11H2,1-3H3,(H2,20,25)/t14-,19+/m1/s1. The van der Waals surface area contributed by atoms with Crippen molar-refractivity contribution in [3.05, 3.63) is 46.0 Å². The summed E-state index contributed by atoms with van der Waals surface area (Å²) in [5.74, 6) is 0.0859. The zero-order chi connectivity index (χ0) is 18.0. The number of aromatic nitrogens is 2. The van der Waals surface area contributed by atoms with Gasteiger partial charge in [-0.1, -0.05) is 19.9 Å². The van der Waals surface area contributed by atoms with Crippen LogP contribution in [0.5, 0.6) is 0 Å². The van der Waals surface area contributed by atoms with Crippen LogP contribution in [0.4, 0.5) is 0 Å². The Labute approximate surface area is 146 Å². The molecule has 2 aromatic heterocycles. The average Bonchev–Trinajstić information content (AvgIpc) is 2.82. The third-order valence-corrected chi connectivity index (χ3v) is 6.14. The summed E-state index contributed by atoms with van der Waals surface area (Å²) in [5, 5.41) is 0. The van der Waals surface area contributed by atoms with Crippen LogP contribution in [0.1, 0.15) is 31.7 Å². The van der Waals surface area contributed by atoms with Crippen LogP contribution >= 0.6 is 0 Å². The highest BCUT2D eigenvalue weighted by atomic mass is 16.1. The van der Waals surface area contributed by atoms with Gasteiger partial charge in [0.1, 0.15) is 5.65 Å². The summed E-state index contributed by atoms with van der Waals surface area (Å²) in [6, 6.07) is 7.25. The Morgan fingerprint density at radius 1 is 1.40 bits per heavy atom. The van der Waals surface area contributed by atoms with Crippen molar-refractivity contribution < 1.29 is 4.79 Å². The number of amides is 1. The molecule has 2 fully saturated rings. The van der Waals surface area contributed by atoms with Gasteiger partial charge in [-0.15, -0.1) is 0 Å². The molecule has 1 saturated heterocycles. The topological polar surface area (TPSA) is 80.7 Å². The summed E-state index contributed by atoms with van der Waals surface area (Å²) >= 11 is 0. The Morgan fingerprint density at radius 2 is 2.16 bits per heavy atom. The maximum absolute atomic E-state index is 12.4. The molecule has 2 atom stereocenters. The van der Waals surface area contributed by atoms with Crippen molar-refractivity contribution in [2.75, 3.05) is 13.1 Å². The maximum atomic E-state index is 12.4. The van der Waals surface area contributed by atoms with E-state index in [1.807, 2.05) is 25.1 Å². The number of nitrogens with zero attached hydrogens (tertiary/aromatic N) is 3. The van der Waals surface area contributed by atoms with Gasteiger partial charge in [-0.25, -0.2) is 4.98 Å². The molecule has 6 nitrogen and oxygen atoms in total. The van der Waals surface area contributed by atoms with Gasteiger partial charge in [0.15, 0.2) is 0 Å². The van der Waals surface area contributed by atoms with E-state index in [1.165, 1.54) is 0 Å².